The first-order chi connectivity index (χ1) is 6.79. The number of thiazole rings is 1. The van der Waals surface area contributed by atoms with Crippen LogP contribution in [-0.4, -0.2) is 19.7 Å². The van der Waals surface area contributed by atoms with Crippen molar-refractivity contribution in [2.75, 3.05) is 6.26 Å². The largest absolute Gasteiger partial charge is 0.264 e. The third-order valence-electron chi connectivity index (χ3n) is 1.57. The molecule has 0 N–H and O–H groups in total. The fourth-order valence-electron chi connectivity index (χ4n) is 0.849. The second-order valence-corrected chi connectivity index (χ2v) is 7.39. The van der Waals surface area contributed by atoms with E-state index in [1.165, 1.54) is 11.3 Å². The van der Waals surface area contributed by atoms with Gasteiger partial charge in [0.1, 0.15) is 6.61 Å². The van der Waals surface area contributed by atoms with Crippen LogP contribution in [0.3, 0.4) is 0 Å². The molecule has 0 saturated heterocycles. The van der Waals surface area contributed by atoms with Gasteiger partial charge >= 0.3 is 0 Å². The van der Waals surface area contributed by atoms with Gasteiger partial charge in [0.2, 0.25) is 0 Å². The van der Waals surface area contributed by atoms with Crippen molar-refractivity contribution < 1.29 is 12.6 Å². The molecule has 1 heterocycles. The molecule has 0 aliphatic rings. The zero-order valence-corrected chi connectivity index (χ0v) is 11.9. The first kappa shape index (κ1) is 13.1. The Balaban J connectivity index is 2.78. The molecule has 0 saturated carbocycles. The van der Waals surface area contributed by atoms with E-state index in [1.807, 2.05) is 13.8 Å². The van der Waals surface area contributed by atoms with Gasteiger partial charge in [-0.15, -0.1) is 11.3 Å². The molecule has 0 aliphatic carbocycles. The lowest BCUT2D eigenvalue weighted by Crippen LogP contribution is -2.03. The highest BCUT2D eigenvalue weighted by atomic mass is 79.9. The highest BCUT2D eigenvalue weighted by Crippen LogP contribution is 2.29. The highest BCUT2D eigenvalue weighted by Gasteiger charge is 2.13. The van der Waals surface area contributed by atoms with Crippen LogP contribution in [0.1, 0.15) is 30.5 Å². The first-order valence-electron chi connectivity index (χ1n) is 4.29. The van der Waals surface area contributed by atoms with Crippen LogP contribution >= 0.6 is 27.3 Å². The minimum atomic E-state index is -3.41. The molecular weight excluding hydrogens is 302 g/mol. The fourth-order valence-corrected chi connectivity index (χ4v) is 2.67. The van der Waals surface area contributed by atoms with Gasteiger partial charge in [0, 0.05) is 5.92 Å². The summed E-state index contributed by atoms with van der Waals surface area (Å²) in [6, 6.07) is 0. The predicted octanol–water partition coefficient (Wildman–Crippen LogP) is 2.51. The van der Waals surface area contributed by atoms with Crippen LogP contribution in [0.5, 0.6) is 0 Å². The lowest BCUT2D eigenvalue weighted by atomic mass is 10.2. The number of hydrogen-bond donors (Lipinski definition) is 0. The lowest BCUT2D eigenvalue weighted by Gasteiger charge is -1.98. The molecule has 0 bridgehead atoms. The summed E-state index contributed by atoms with van der Waals surface area (Å²) >= 11 is 4.84. The first-order valence-corrected chi connectivity index (χ1v) is 7.71. The number of halogens is 1. The van der Waals surface area contributed by atoms with Crippen LogP contribution in [0, 0.1) is 0 Å². The maximum atomic E-state index is 10.8. The van der Waals surface area contributed by atoms with Crippen LogP contribution in [0.4, 0.5) is 0 Å². The molecule has 0 aliphatic heterocycles. The summed E-state index contributed by atoms with van der Waals surface area (Å²) in [6.45, 7) is 4.06. The van der Waals surface area contributed by atoms with Gasteiger partial charge in [-0.2, -0.15) is 8.42 Å². The van der Waals surface area contributed by atoms with E-state index in [2.05, 4.69) is 25.1 Å². The Hall–Kier alpha value is 0.0200. The van der Waals surface area contributed by atoms with E-state index in [9.17, 15) is 8.42 Å². The molecule has 0 amide bonds. The number of rotatable bonds is 4. The molecule has 4 nitrogen and oxygen atoms in total. The van der Waals surface area contributed by atoms with E-state index in [0.29, 0.717) is 11.6 Å². The average Bonchev–Trinajstić information content (AvgIpc) is 2.42. The van der Waals surface area contributed by atoms with Gasteiger partial charge < -0.3 is 0 Å². The van der Waals surface area contributed by atoms with Gasteiger partial charge in [0.25, 0.3) is 10.1 Å². The Labute approximate surface area is 102 Å². The Morgan fingerprint density at radius 3 is 2.53 bits per heavy atom. The summed E-state index contributed by atoms with van der Waals surface area (Å²) in [6.07, 6.45) is 1.02. The maximum absolute atomic E-state index is 10.8. The Morgan fingerprint density at radius 2 is 2.13 bits per heavy atom. The van der Waals surface area contributed by atoms with Gasteiger partial charge in [-0.05, 0) is 15.9 Å². The number of aromatic nitrogens is 1. The third kappa shape index (κ3) is 4.18. The van der Waals surface area contributed by atoms with E-state index in [1.54, 1.807) is 0 Å². The van der Waals surface area contributed by atoms with Crippen molar-refractivity contribution in [1.82, 2.24) is 4.98 Å². The average molecular weight is 314 g/mol. The normalized spacial score (nSPS) is 12.3. The van der Waals surface area contributed by atoms with E-state index in [4.69, 9.17) is 0 Å². The lowest BCUT2D eigenvalue weighted by molar-refractivity contribution is 0.307. The van der Waals surface area contributed by atoms with Gasteiger partial charge in [-0.25, -0.2) is 4.98 Å². The van der Waals surface area contributed by atoms with Crippen LogP contribution in [0.15, 0.2) is 3.79 Å². The Kier molecular flexibility index (Phi) is 4.28. The van der Waals surface area contributed by atoms with Crippen molar-refractivity contribution in [3.63, 3.8) is 0 Å². The molecule has 0 aromatic carbocycles. The summed E-state index contributed by atoms with van der Waals surface area (Å²) < 4.78 is 27.1. The Bertz CT molecular complexity index is 439. The second kappa shape index (κ2) is 4.90. The van der Waals surface area contributed by atoms with Gasteiger partial charge in [-0.1, -0.05) is 13.8 Å². The second-order valence-electron chi connectivity index (χ2n) is 3.39. The van der Waals surface area contributed by atoms with Crippen molar-refractivity contribution in [1.29, 1.82) is 0 Å². The SMILES string of the molecule is CC(C)c1nc(COS(C)(=O)=O)c(Br)s1. The van der Waals surface area contributed by atoms with Crippen molar-refractivity contribution in [2.45, 2.75) is 26.4 Å². The van der Waals surface area contributed by atoms with Crippen molar-refractivity contribution in [3.8, 4) is 0 Å². The van der Waals surface area contributed by atoms with E-state index in [-0.39, 0.29) is 6.61 Å². The monoisotopic (exact) mass is 313 g/mol. The molecule has 1 rings (SSSR count). The molecular formula is C8H12BrNO3S2. The summed E-state index contributed by atoms with van der Waals surface area (Å²) in [4.78, 5) is 4.29. The molecule has 86 valence electrons. The van der Waals surface area contributed by atoms with Crippen LogP contribution < -0.4 is 0 Å². The van der Waals surface area contributed by atoms with Crippen molar-refractivity contribution in [2.24, 2.45) is 0 Å². The minimum Gasteiger partial charge on any atom is -0.264 e. The molecule has 0 atom stereocenters. The highest BCUT2D eigenvalue weighted by molar-refractivity contribution is 9.11. The topological polar surface area (TPSA) is 56.3 Å². The zero-order valence-electron chi connectivity index (χ0n) is 8.65. The van der Waals surface area contributed by atoms with Crippen LogP contribution in [0.2, 0.25) is 0 Å². The van der Waals surface area contributed by atoms with Gasteiger partial charge in [-0.3, -0.25) is 4.18 Å². The number of nitrogens with zero attached hydrogens (tertiary/aromatic N) is 1. The molecule has 0 fully saturated rings. The quantitative estimate of drug-likeness (QED) is 0.801. The molecule has 7 heteroatoms. The summed E-state index contributed by atoms with van der Waals surface area (Å²) in [5, 5.41) is 0.967. The molecule has 0 spiro atoms. The van der Waals surface area contributed by atoms with Crippen LogP contribution in [0.25, 0.3) is 0 Å². The van der Waals surface area contributed by atoms with E-state index < -0.39 is 10.1 Å². The molecule has 0 radical (unpaired) electrons. The summed E-state index contributed by atoms with van der Waals surface area (Å²) in [5.74, 6) is 0.332. The van der Waals surface area contributed by atoms with Crippen LogP contribution in [-0.2, 0) is 20.9 Å². The predicted molar refractivity (Wildman–Crippen MR) is 63.5 cm³/mol. The van der Waals surface area contributed by atoms with Gasteiger partial charge in [0.15, 0.2) is 0 Å². The molecule has 1 aromatic heterocycles. The fraction of sp³-hybridized carbons (Fsp3) is 0.625. The Morgan fingerprint density at radius 1 is 1.53 bits per heavy atom. The molecule has 0 unspecified atom stereocenters. The van der Waals surface area contributed by atoms with Crippen molar-refractivity contribution in [3.05, 3.63) is 14.5 Å². The van der Waals surface area contributed by atoms with Crippen molar-refractivity contribution >= 4 is 37.4 Å². The van der Waals surface area contributed by atoms with E-state index in [0.717, 1.165) is 15.0 Å². The summed E-state index contributed by atoms with van der Waals surface area (Å²) in [7, 11) is -3.41. The van der Waals surface area contributed by atoms with E-state index >= 15 is 0 Å². The third-order valence-corrected chi connectivity index (χ3v) is 4.25. The maximum Gasteiger partial charge on any atom is 0.264 e. The molecule has 15 heavy (non-hydrogen) atoms. The van der Waals surface area contributed by atoms with Gasteiger partial charge in [0.05, 0.1) is 20.7 Å². The number of hydrogen-bond acceptors (Lipinski definition) is 5. The minimum absolute atomic E-state index is 0.0113. The zero-order chi connectivity index (χ0) is 11.6. The summed E-state index contributed by atoms with van der Waals surface area (Å²) in [5.41, 5.74) is 0.633. The smallest absolute Gasteiger partial charge is 0.264 e. The standard InChI is InChI=1S/C8H12BrNO3S2/c1-5(2)8-10-6(7(9)14-8)4-13-15(3,11)12/h5H,4H2,1-3H3. The molecule has 1 aromatic rings.